The number of halogens is 1. The van der Waals surface area contributed by atoms with Crippen LogP contribution in [0.2, 0.25) is 0 Å². The van der Waals surface area contributed by atoms with Crippen molar-refractivity contribution in [1.29, 1.82) is 0 Å². The van der Waals surface area contributed by atoms with Crippen molar-refractivity contribution in [3.05, 3.63) is 30.2 Å². The van der Waals surface area contributed by atoms with Gasteiger partial charge in [-0.1, -0.05) is 29.2 Å². The zero-order valence-electron chi connectivity index (χ0n) is 4.93. The van der Waals surface area contributed by atoms with Gasteiger partial charge in [0.25, 0.3) is 0 Å². The van der Waals surface area contributed by atoms with Crippen LogP contribution in [-0.2, 0) is 4.43 Å². The zero-order chi connectivity index (χ0) is 6.69. The molecular weight excluding hydrogens is 227 g/mol. The third kappa shape index (κ3) is 1.58. The van der Waals surface area contributed by atoms with Gasteiger partial charge in [0.1, 0.15) is 11.5 Å². The monoisotopic (exact) mass is 234 g/mol. The summed E-state index contributed by atoms with van der Waals surface area (Å²) in [5.41, 5.74) is 0. The first kappa shape index (κ1) is 6.86. The molecule has 1 nitrogen and oxygen atoms in total. The molecule has 1 rings (SSSR count). The fourth-order valence-electron chi connectivity index (χ4n) is 0.576. The molecule has 0 amide bonds. The van der Waals surface area contributed by atoms with Gasteiger partial charge < -0.3 is 4.42 Å². The van der Waals surface area contributed by atoms with E-state index in [0.717, 1.165) is 15.9 Å². The standard InChI is InChI=1S/C7H7IO/c1-2-6-3-4-7(5-8)9-6/h2-4H,1,5H2. The predicted octanol–water partition coefficient (Wildman–Crippen LogP) is 2.86. The number of rotatable bonds is 2. The molecule has 0 saturated heterocycles. The topological polar surface area (TPSA) is 13.1 Å². The van der Waals surface area contributed by atoms with E-state index >= 15 is 0 Å². The van der Waals surface area contributed by atoms with Crippen LogP contribution in [0.5, 0.6) is 0 Å². The fraction of sp³-hybridized carbons (Fsp3) is 0.143. The van der Waals surface area contributed by atoms with Crippen molar-refractivity contribution < 1.29 is 4.42 Å². The Morgan fingerprint density at radius 2 is 2.44 bits per heavy atom. The van der Waals surface area contributed by atoms with E-state index in [9.17, 15) is 0 Å². The van der Waals surface area contributed by atoms with Gasteiger partial charge in [0.2, 0.25) is 0 Å². The lowest BCUT2D eigenvalue weighted by Crippen LogP contribution is -1.63. The molecule has 0 saturated carbocycles. The van der Waals surface area contributed by atoms with E-state index in [4.69, 9.17) is 4.42 Å². The number of furan rings is 1. The predicted molar refractivity (Wildman–Crippen MR) is 46.5 cm³/mol. The molecule has 1 heterocycles. The minimum absolute atomic E-state index is 0.849. The summed E-state index contributed by atoms with van der Waals surface area (Å²) in [5, 5.41) is 0. The van der Waals surface area contributed by atoms with Crippen molar-refractivity contribution in [3.8, 4) is 0 Å². The molecule has 0 aliphatic rings. The van der Waals surface area contributed by atoms with Crippen molar-refractivity contribution in [2.75, 3.05) is 0 Å². The van der Waals surface area contributed by atoms with Crippen molar-refractivity contribution in [1.82, 2.24) is 0 Å². The smallest absolute Gasteiger partial charge is 0.126 e. The lowest BCUT2D eigenvalue weighted by atomic mass is 10.4. The van der Waals surface area contributed by atoms with E-state index < -0.39 is 0 Å². The molecule has 0 bridgehead atoms. The molecule has 0 N–H and O–H groups in total. The summed E-state index contributed by atoms with van der Waals surface area (Å²) >= 11 is 2.25. The summed E-state index contributed by atoms with van der Waals surface area (Å²) in [6, 6.07) is 3.88. The van der Waals surface area contributed by atoms with Gasteiger partial charge in [-0.05, 0) is 18.2 Å². The SMILES string of the molecule is C=Cc1ccc(CI)o1. The highest BCUT2D eigenvalue weighted by atomic mass is 127. The van der Waals surface area contributed by atoms with Gasteiger partial charge in [0, 0.05) is 0 Å². The molecule has 0 atom stereocenters. The van der Waals surface area contributed by atoms with E-state index in [0.29, 0.717) is 0 Å². The highest BCUT2D eigenvalue weighted by molar-refractivity contribution is 14.1. The van der Waals surface area contributed by atoms with Gasteiger partial charge >= 0.3 is 0 Å². The Balaban J connectivity index is 2.86. The second-order valence-electron chi connectivity index (χ2n) is 1.64. The van der Waals surface area contributed by atoms with Crippen LogP contribution in [-0.4, -0.2) is 0 Å². The van der Waals surface area contributed by atoms with Gasteiger partial charge in [0.15, 0.2) is 0 Å². The van der Waals surface area contributed by atoms with E-state index in [2.05, 4.69) is 29.2 Å². The van der Waals surface area contributed by atoms with E-state index in [1.807, 2.05) is 12.1 Å². The summed E-state index contributed by atoms with van der Waals surface area (Å²) in [6.45, 7) is 3.58. The van der Waals surface area contributed by atoms with Crippen LogP contribution < -0.4 is 0 Å². The second-order valence-corrected chi connectivity index (χ2v) is 2.40. The molecule has 0 spiro atoms. The third-order valence-electron chi connectivity index (χ3n) is 1.02. The number of hydrogen-bond acceptors (Lipinski definition) is 1. The minimum Gasteiger partial charge on any atom is -0.461 e. The van der Waals surface area contributed by atoms with Crippen molar-refractivity contribution >= 4 is 28.7 Å². The third-order valence-corrected chi connectivity index (χ3v) is 1.77. The average Bonchev–Trinajstić information content (AvgIpc) is 2.34. The highest BCUT2D eigenvalue weighted by Gasteiger charge is 1.93. The van der Waals surface area contributed by atoms with Crippen molar-refractivity contribution in [3.63, 3.8) is 0 Å². The Bertz CT molecular complexity index is 202. The Morgan fingerprint density at radius 3 is 2.78 bits per heavy atom. The molecule has 0 unspecified atom stereocenters. The molecule has 1 aromatic heterocycles. The molecule has 0 aromatic carbocycles. The maximum Gasteiger partial charge on any atom is 0.126 e. The zero-order valence-corrected chi connectivity index (χ0v) is 7.09. The highest BCUT2D eigenvalue weighted by Crippen LogP contribution is 2.11. The molecule has 0 aliphatic heterocycles. The van der Waals surface area contributed by atoms with Crippen LogP contribution >= 0.6 is 22.6 Å². The van der Waals surface area contributed by atoms with Gasteiger partial charge in [-0.15, -0.1) is 0 Å². The first-order chi connectivity index (χ1) is 4.36. The molecule has 0 aliphatic carbocycles. The Kier molecular flexibility index (Phi) is 2.33. The largest absolute Gasteiger partial charge is 0.461 e. The van der Waals surface area contributed by atoms with E-state index in [-0.39, 0.29) is 0 Å². The summed E-state index contributed by atoms with van der Waals surface area (Å²) in [6.07, 6.45) is 1.70. The van der Waals surface area contributed by atoms with Crippen LogP contribution in [0.15, 0.2) is 23.1 Å². The molecule has 2 heteroatoms. The molecule has 48 valence electrons. The Hall–Kier alpha value is -0.250. The first-order valence-corrected chi connectivity index (χ1v) is 4.16. The van der Waals surface area contributed by atoms with Crippen molar-refractivity contribution in [2.24, 2.45) is 0 Å². The van der Waals surface area contributed by atoms with Gasteiger partial charge in [-0.3, -0.25) is 0 Å². The molecule has 9 heavy (non-hydrogen) atoms. The van der Waals surface area contributed by atoms with E-state index in [1.165, 1.54) is 0 Å². The summed E-state index contributed by atoms with van der Waals surface area (Å²) in [5.74, 6) is 1.85. The average molecular weight is 234 g/mol. The van der Waals surface area contributed by atoms with Crippen LogP contribution in [0.1, 0.15) is 11.5 Å². The normalized spacial score (nSPS) is 9.44. The summed E-state index contributed by atoms with van der Waals surface area (Å²) < 4.78 is 6.18. The van der Waals surface area contributed by atoms with Crippen LogP contribution in [0.3, 0.4) is 0 Å². The molecule has 1 aromatic rings. The minimum atomic E-state index is 0.849. The van der Waals surface area contributed by atoms with Crippen LogP contribution in [0.25, 0.3) is 6.08 Å². The maximum absolute atomic E-state index is 5.26. The van der Waals surface area contributed by atoms with Crippen LogP contribution in [0.4, 0.5) is 0 Å². The first-order valence-electron chi connectivity index (χ1n) is 2.64. The Labute approximate surface area is 67.9 Å². The lowest BCUT2D eigenvalue weighted by Gasteiger charge is -1.83. The summed E-state index contributed by atoms with van der Waals surface area (Å²) in [7, 11) is 0. The lowest BCUT2D eigenvalue weighted by molar-refractivity contribution is 0.524. The van der Waals surface area contributed by atoms with Gasteiger partial charge in [-0.2, -0.15) is 0 Å². The quantitative estimate of drug-likeness (QED) is 0.566. The summed E-state index contributed by atoms with van der Waals surface area (Å²) in [4.78, 5) is 0. The molecule has 0 fully saturated rings. The van der Waals surface area contributed by atoms with Gasteiger partial charge in [0.05, 0.1) is 4.43 Å². The number of alkyl halides is 1. The fourth-order valence-corrected chi connectivity index (χ4v) is 0.986. The number of hydrogen-bond donors (Lipinski definition) is 0. The Morgan fingerprint density at radius 1 is 1.67 bits per heavy atom. The molecular formula is C7H7IO. The molecule has 0 radical (unpaired) electrons. The second kappa shape index (κ2) is 3.06. The van der Waals surface area contributed by atoms with Gasteiger partial charge in [-0.25, -0.2) is 0 Å². The van der Waals surface area contributed by atoms with Crippen LogP contribution in [0, 0.1) is 0 Å². The van der Waals surface area contributed by atoms with E-state index in [1.54, 1.807) is 6.08 Å². The van der Waals surface area contributed by atoms with Crippen molar-refractivity contribution in [2.45, 2.75) is 4.43 Å². The maximum atomic E-state index is 5.26.